The number of carbonyl (C=O) groups excluding carboxylic acids is 1. The van der Waals surface area contributed by atoms with E-state index in [4.69, 9.17) is 0 Å². The minimum atomic E-state index is -0.245. The number of rotatable bonds is 4. The standard InChI is InChI=1S/C21H31FN4O/c1-15(24-20(27)18-14-21(18)5-7-23-8-6-21)17-13-16(22)3-4-19(17)26-11-9-25(2)10-12-26/h3-4,13,15,18,23H,5-12,14H2,1-2H3,(H,24,27). The van der Waals surface area contributed by atoms with Crippen LogP contribution in [0.3, 0.4) is 0 Å². The van der Waals surface area contributed by atoms with E-state index in [0.29, 0.717) is 0 Å². The van der Waals surface area contributed by atoms with Crippen LogP contribution in [0.4, 0.5) is 10.1 Å². The van der Waals surface area contributed by atoms with Crippen LogP contribution in [0.2, 0.25) is 0 Å². The lowest BCUT2D eigenvalue weighted by Crippen LogP contribution is -2.45. The fourth-order valence-electron chi connectivity index (χ4n) is 4.79. The molecular weight excluding hydrogens is 343 g/mol. The number of hydrogen-bond acceptors (Lipinski definition) is 4. The van der Waals surface area contributed by atoms with Gasteiger partial charge in [-0.05, 0) is 69.9 Å². The van der Waals surface area contributed by atoms with Crippen LogP contribution >= 0.6 is 0 Å². The van der Waals surface area contributed by atoms with Gasteiger partial charge in [0.1, 0.15) is 5.82 Å². The fraction of sp³-hybridized carbons (Fsp3) is 0.667. The maximum Gasteiger partial charge on any atom is 0.224 e. The number of piperazine rings is 1. The molecule has 3 fully saturated rings. The maximum absolute atomic E-state index is 14.0. The van der Waals surface area contributed by atoms with E-state index >= 15 is 0 Å². The first-order chi connectivity index (χ1) is 13.0. The zero-order valence-corrected chi connectivity index (χ0v) is 16.4. The van der Waals surface area contributed by atoms with Crippen molar-refractivity contribution in [1.29, 1.82) is 0 Å². The van der Waals surface area contributed by atoms with Gasteiger partial charge in [-0.3, -0.25) is 4.79 Å². The van der Waals surface area contributed by atoms with Gasteiger partial charge in [-0.25, -0.2) is 4.39 Å². The molecule has 1 aliphatic carbocycles. The summed E-state index contributed by atoms with van der Waals surface area (Å²) in [5, 5.41) is 6.56. The van der Waals surface area contributed by atoms with Gasteiger partial charge >= 0.3 is 0 Å². The first-order valence-electron chi connectivity index (χ1n) is 10.2. The summed E-state index contributed by atoms with van der Waals surface area (Å²) in [6, 6.07) is 4.79. The van der Waals surface area contributed by atoms with E-state index in [1.165, 1.54) is 6.07 Å². The van der Waals surface area contributed by atoms with Crippen molar-refractivity contribution in [3.05, 3.63) is 29.6 Å². The second-order valence-electron chi connectivity index (χ2n) is 8.59. The molecule has 2 atom stereocenters. The number of benzene rings is 1. The molecular formula is C21H31FN4O. The summed E-state index contributed by atoms with van der Waals surface area (Å²) < 4.78 is 14.0. The van der Waals surface area contributed by atoms with Crippen LogP contribution in [0, 0.1) is 17.2 Å². The van der Waals surface area contributed by atoms with E-state index < -0.39 is 0 Å². The van der Waals surface area contributed by atoms with Crippen molar-refractivity contribution in [2.24, 2.45) is 11.3 Å². The summed E-state index contributed by atoms with van der Waals surface area (Å²) in [6.07, 6.45) is 3.18. The monoisotopic (exact) mass is 374 g/mol. The van der Waals surface area contributed by atoms with Crippen LogP contribution in [0.1, 0.15) is 37.8 Å². The minimum Gasteiger partial charge on any atom is -0.369 e. The summed E-state index contributed by atoms with van der Waals surface area (Å²) in [7, 11) is 2.12. The molecule has 5 nitrogen and oxygen atoms in total. The first kappa shape index (κ1) is 18.7. The van der Waals surface area contributed by atoms with Crippen LogP contribution in [-0.2, 0) is 4.79 Å². The molecule has 1 spiro atoms. The fourth-order valence-corrected chi connectivity index (χ4v) is 4.79. The molecule has 1 aromatic rings. The Morgan fingerprint density at radius 3 is 2.67 bits per heavy atom. The molecule has 1 amide bonds. The number of nitrogens with zero attached hydrogens (tertiary/aromatic N) is 2. The largest absolute Gasteiger partial charge is 0.369 e. The van der Waals surface area contributed by atoms with Crippen molar-refractivity contribution < 1.29 is 9.18 Å². The Morgan fingerprint density at radius 1 is 1.26 bits per heavy atom. The Hall–Kier alpha value is -1.66. The van der Waals surface area contributed by atoms with E-state index in [1.807, 2.05) is 13.0 Å². The van der Waals surface area contributed by atoms with E-state index in [9.17, 15) is 9.18 Å². The molecule has 2 aliphatic heterocycles. The highest BCUT2D eigenvalue weighted by atomic mass is 19.1. The summed E-state index contributed by atoms with van der Waals surface area (Å²) in [5.74, 6) is 0.0194. The van der Waals surface area contributed by atoms with E-state index in [0.717, 1.165) is 69.8 Å². The number of carbonyl (C=O) groups is 1. The van der Waals surface area contributed by atoms with Crippen LogP contribution < -0.4 is 15.5 Å². The summed E-state index contributed by atoms with van der Waals surface area (Å²) in [6.45, 7) is 7.84. The molecule has 0 aromatic heterocycles. The summed E-state index contributed by atoms with van der Waals surface area (Å²) in [4.78, 5) is 17.4. The van der Waals surface area contributed by atoms with Crippen LogP contribution in [0.15, 0.2) is 18.2 Å². The SMILES string of the molecule is CC(NC(=O)C1CC12CCNCC2)c1cc(F)ccc1N1CCN(C)CC1. The molecule has 6 heteroatoms. The predicted molar refractivity (Wildman–Crippen MR) is 105 cm³/mol. The van der Waals surface area contributed by atoms with Crippen molar-refractivity contribution in [3.63, 3.8) is 0 Å². The average molecular weight is 375 g/mol. The Labute approximate surface area is 161 Å². The average Bonchev–Trinajstić information content (AvgIpc) is 3.36. The third-order valence-corrected chi connectivity index (χ3v) is 6.76. The number of likely N-dealkylation sites (N-methyl/N-ethyl adjacent to an activating group) is 1. The van der Waals surface area contributed by atoms with E-state index in [-0.39, 0.29) is 29.1 Å². The lowest BCUT2D eigenvalue weighted by molar-refractivity contribution is -0.123. The highest BCUT2D eigenvalue weighted by Gasteiger charge is 2.57. The van der Waals surface area contributed by atoms with Crippen molar-refractivity contribution in [2.45, 2.75) is 32.2 Å². The molecule has 2 N–H and O–H groups in total. The van der Waals surface area contributed by atoms with Gasteiger partial charge in [0.25, 0.3) is 0 Å². The van der Waals surface area contributed by atoms with Gasteiger partial charge < -0.3 is 20.4 Å². The number of amides is 1. The third-order valence-electron chi connectivity index (χ3n) is 6.76. The second-order valence-corrected chi connectivity index (χ2v) is 8.59. The van der Waals surface area contributed by atoms with Crippen LogP contribution in [0.5, 0.6) is 0 Å². The first-order valence-corrected chi connectivity index (χ1v) is 10.2. The Balaban J connectivity index is 1.46. The van der Waals surface area contributed by atoms with Gasteiger partial charge in [-0.1, -0.05) is 0 Å². The molecule has 27 heavy (non-hydrogen) atoms. The number of hydrogen-bond donors (Lipinski definition) is 2. The van der Waals surface area contributed by atoms with Crippen molar-refractivity contribution >= 4 is 11.6 Å². The zero-order valence-electron chi connectivity index (χ0n) is 16.4. The molecule has 3 aliphatic rings. The zero-order chi connectivity index (χ0) is 19.0. The Kier molecular flexibility index (Phi) is 5.12. The van der Waals surface area contributed by atoms with E-state index in [2.05, 4.69) is 27.5 Å². The highest BCUT2D eigenvalue weighted by Crippen LogP contribution is 2.58. The molecule has 148 valence electrons. The molecule has 4 rings (SSSR count). The van der Waals surface area contributed by atoms with Crippen LogP contribution in [0.25, 0.3) is 0 Å². The number of halogens is 1. The van der Waals surface area contributed by atoms with Gasteiger partial charge in [0.05, 0.1) is 6.04 Å². The van der Waals surface area contributed by atoms with Gasteiger partial charge in [-0.15, -0.1) is 0 Å². The molecule has 0 bridgehead atoms. The summed E-state index contributed by atoms with van der Waals surface area (Å²) >= 11 is 0. The van der Waals surface area contributed by atoms with Crippen molar-refractivity contribution in [2.75, 3.05) is 51.2 Å². The Bertz CT molecular complexity index is 695. The maximum atomic E-state index is 14.0. The lowest BCUT2D eigenvalue weighted by atomic mass is 9.91. The minimum absolute atomic E-state index is 0.127. The summed E-state index contributed by atoms with van der Waals surface area (Å²) in [5.41, 5.74) is 2.15. The lowest BCUT2D eigenvalue weighted by Gasteiger charge is -2.36. The third kappa shape index (κ3) is 3.83. The quantitative estimate of drug-likeness (QED) is 0.848. The predicted octanol–water partition coefficient (Wildman–Crippen LogP) is 2.14. The molecule has 2 unspecified atom stereocenters. The Morgan fingerprint density at radius 2 is 1.96 bits per heavy atom. The van der Waals surface area contributed by atoms with Gasteiger partial charge in [0.2, 0.25) is 5.91 Å². The molecule has 1 aromatic carbocycles. The molecule has 2 saturated heterocycles. The number of piperidine rings is 1. The van der Waals surface area contributed by atoms with Crippen molar-refractivity contribution in [3.8, 4) is 0 Å². The van der Waals surface area contributed by atoms with Gasteiger partial charge in [0, 0.05) is 43.3 Å². The van der Waals surface area contributed by atoms with Crippen LogP contribution in [-0.4, -0.2) is 57.1 Å². The molecule has 2 heterocycles. The second kappa shape index (κ2) is 7.40. The van der Waals surface area contributed by atoms with E-state index in [1.54, 1.807) is 6.07 Å². The van der Waals surface area contributed by atoms with Crippen molar-refractivity contribution in [1.82, 2.24) is 15.5 Å². The van der Waals surface area contributed by atoms with Gasteiger partial charge in [0.15, 0.2) is 0 Å². The normalized spacial score (nSPS) is 26.0. The number of nitrogens with one attached hydrogen (secondary N) is 2. The number of anilines is 1. The molecule has 0 radical (unpaired) electrons. The highest BCUT2D eigenvalue weighted by molar-refractivity contribution is 5.83. The van der Waals surface area contributed by atoms with Gasteiger partial charge in [-0.2, -0.15) is 0 Å². The molecule has 1 saturated carbocycles. The smallest absolute Gasteiger partial charge is 0.224 e. The topological polar surface area (TPSA) is 47.6 Å².